The van der Waals surface area contributed by atoms with Gasteiger partial charge in [0, 0.05) is 18.7 Å². The van der Waals surface area contributed by atoms with Crippen LogP contribution in [0.3, 0.4) is 0 Å². The highest BCUT2D eigenvalue weighted by Gasteiger charge is 2.22. The van der Waals surface area contributed by atoms with E-state index in [1.165, 1.54) is 37.8 Å². The van der Waals surface area contributed by atoms with Crippen LogP contribution in [0.1, 0.15) is 62.7 Å². The van der Waals surface area contributed by atoms with E-state index in [2.05, 4.69) is 16.5 Å². The molecular weight excluding hydrogens is 446 g/mol. The van der Waals surface area contributed by atoms with Gasteiger partial charge >= 0.3 is 5.97 Å². The van der Waals surface area contributed by atoms with Crippen molar-refractivity contribution in [2.24, 2.45) is 17.6 Å². The fourth-order valence-corrected chi connectivity index (χ4v) is 4.35. The molecule has 2 aromatic rings. The topological polar surface area (TPSA) is 167 Å². The third kappa shape index (κ3) is 9.63. The molecule has 0 bridgehead atoms. The average molecular weight is 484 g/mol. The minimum Gasteiger partial charge on any atom is -0.481 e. The van der Waals surface area contributed by atoms with Gasteiger partial charge in [0.2, 0.25) is 0 Å². The van der Waals surface area contributed by atoms with Gasteiger partial charge in [-0.25, -0.2) is 4.98 Å². The molecule has 1 fully saturated rings. The van der Waals surface area contributed by atoms with Crippen molar-refractivity contribution in [1.82, 2.24) is 9.55 Å². The fourth-order valence-electron chi connectivity index (χ4n) is 3.87. The molecule has 1 unspecified atom stereocenters. The molecule has 1 aromatic carbocycles. The number of rotatable bonds is 8. The molecule has 186 valence electrons. The molecule has 1 aromatic heterocycles. The van der Waals surface area contributed by atoms with Crippen molar-refractivity contribution in [2.45, 2.75) is 69.7 Å². The molecule has 0 aliphatic heterocycles. The van der Waals surface area contributed by atoms with Gasteiger partial charge in [-0.3, -0.25) is 9.35 Å². The van der Waals surface area contributed by atoms with Crippen LogP contribution >= 0.6 is 0 Å². The first kappa shape index (κ1) is 28.8. The first-order valence-electron chi connectivity index (χ1n) is 11.1. The molecule has 3 rings (SSSR count). The molecular formula is C23H37N3O6S. The van der Waals surface area contributed by atoms with E-state index >= 15 is 0 Å². The van der Waals surface area contributed by atoms with Crippen molar-refractivity contribution in [3.05, 3.63) is 48.0 Å². The first-order valence-corrected chi connectivity index (χ1v) is 12.5. The molecule has 0 saturated heterocycles. The van der Waals surface area contributed by atoms with Crippen LogP contribution in [0.2, 0.25) is 0 Å². The van der Waals surface area contributed by atoms with Crippen molar-refractivity contribution in [3.63, 3.8) is 0 Å². The van der Waals surface area contributed by atoms with Gasteiger partial charge < -0.3 is 20.9 Å². The molecule has 33 heavy (non-hydrogen) atoms. The maximum Gasteiger partial charge on any atom is 0.306 e. The molecule has 1 aliphatic rings. The Labute approximate surface area is 196 Å². The molecule has 0 spiro atoms. The van der Waals surface area contributed by atoms with Crippen LogP contribution in [0.25, 0.3) is 0 Å². The third-order valence-corrected chi connectivity index (χ3v) is 6.81. The number of carboxylic acids is 1. The van der Waals surface area contributed by atoms with E-state index < -0.39 is 16.1 Å². The number of aryl methyl sites for hydroxylation is 1. The minimum atomic E-state index is -4.02. The highest BCUT2D eigenvalue weighted by molar-refractivity contribution is 7.85. The second kappa shape index (κ2) is 13.4. The normalized spacial score (nSPS) is 19.0. The highest BCUT2D eigenvalue weighted by Crippen LogP contribution is 2.31. The number of aliphatic carboxylic acids is 1. The molecule has 6 N–H and O–H groups in total. The number of nitrogens with two attached hydrogens (primary N) is 1. The molecule has 1 atom stereocenters. The summed E-state index contributed by atoms with van der Waals surface area (Å²) in [7, 11) is -4.02. The van der Waals surface area contributed by atoms with Gasteiger partial charge in [0.25, 0.3) is 10.1 Å². The lowest BCUT2D eigenvalue weighted by atomic mass is 9.87. The average Bonchev–Trinajstić information content (AvgIpc) is 3.20. The lowest BCUT2D eigenvalue weighted by Crippen LogP contribution is -2.18. The van der Waals surface area contributed by atoms with Crippen LogP contribution in [-0.2, 0) is 21.3 Å². The second-order valence-corrected chi connectivity index (χ2v) is 10.1. The summed E-state index contributed by atoms with van der Waals surface area (Å²) in [4.78, 5) is 15.6. The van der Waals surface area contributed by atoms with E-state index in [9.17, 15) is 18.3 Å². The van der Waals surface area contributed by atoms with Gasteiger partial charge in [0.1, 0.15) is 0 Å². The zero-order valence-electron chi connectivity index (χ0n) is 19.4. The van der Waals surface area contributed by atoms with Gasteiger partial charge in [-0.1, -0.05) is 24.6 Å². The quantitative estimate of drug-likeness (QED) is 0.485. The Morgan fingerprint density at radius 3 is 2.33 bits per heavy atom. The van der Waals surface area contributed by atoms with E-state index in [0.29, 0.717) is 25.4 Å². The van der Waals surface area contributed by atoms with E-state index in [4.69, 9.17) is 10.3 Å². The van der Waals surface area contributed by atoms with Gasteiger partial charge in [0.15, 0.2) is 0 Å². The van der Waals surface area contributed by atoms with Gasteiger partial charge in [-0.2, -0.15) is 8.42 Å². The summed E-state index contributed by atoms with van der Waals surface area (Å²) < 4.78 is 31.7. The van der Waals surface area contributed by atoms with Gasteiger partial charge in [-0.15, -0.1) is 0 Å². The fraction of sp³-hybridized carbons (Fsp3) is 0.565. The van der Waals surface area contributed by atoms with Crippen LogP contribution in [0.15, 0.2) is 41.7 Å². The van der Waals surface area contributed by atoms with Crippen molar-refractivity contribution in [3.8, 4) is 0 Å². The summed E-state index contributed by atoms with van der Waals surface area (Å²) in [5, 5.41) is 9.27. The second-order valence-electron chi connectivity index (χ2n) is 8.68. The van der Waals surface area contributed by atoms with Gasteiger partial charge in [0.05, 0.1) is 22.8 Å². The Morgan fingerprint density at radius 2 is 1.82 bits per heavy atom. The smallest absolute Gasteiger partial charge is 0.306 e. The third-order valence-electron chi connectivity index (χ3n) is 5.94. The standard InChI is InChI=1S/C16H27N3O2.C7H8O3S.H2O/c1-12-4-6-15(7-5-12)19-10-14(18-11-19)9-13(16(20)21)3-2-8-17;1-6-2-4-7(5-3-6)11(8,9)10;/h10-13,15H,2-9,17H2,1H3,(H,20,21);2-5H,1H3,(H,8,9,10);1H2/t12-,13?,15-;;. The lowest BCUT2D eigenvalue weighted by molar-refractivity contribution is -0.142. The van der Waals surface area contributed by atoms with E-state index in [1.807, 2.05) is 19.4 Å². The maximum atomic E-state index is 11.3. The largest absolute Gasteiger partial charge is 0.481 e. The van der Waals surface area contributed by atoms with Crippen LogP contribution in [0.5, 0.6) is 0 Å². The zero-order valence-corrected chi connectivity index (χ0v) is 20.2. The van der Waals surface area contributed by atoms with E-state index in [0.717, 1.165) is 23.6 Å². The summed E-state index contributed by atoms with van der Waals surface area (Å²) in [6.45, 7) is 4.69. The van der Waals surface area contributed by atoms with Crippen molar-refractivity contribution < 1.29 is 28.3 Å². The molecule has 9 nitrogen and oxygen atoms in total. The summed E-state index contributed by atoms with van der Waals surface area (Å²) in [5.41, 5.74) is 7.31. The Balaban J connectivity index is 0.000000385. The SMILES string of the molecule is C[C@H]1CC[C@H](n2cnc(CC(CCCN)C(=O)O)c2)CC1.Cc1ccc(S(=O)(=O)O)cc1.O. The van der Waals surface area contributed by atoms with Crippen LogP contribution in [-0.4, -0.2) is 45.6 Å². The van der Waals surface area contributed by atoms with Crippen LogP contribution in [0, 0.1) is 18.8 Å². The number of carboxylic acid groups (broad SMARTS) is 1. The lowest BCUT2D eigenvalue weighted by Gasteiger charge is -2.26. The van der Waals surface area contributed by atoms with E-state index in [1.54, 1.807) is 12.1 Å². The summed E-state index contributed by atoms with van der Waals surface area (Å²) in [6.07, 6.45) is 10.7. The highest BCUT2D eigenvalue weighted by atomic mass is 32.2. The molecule has 1 aliphatic carbocycles. The predicted octanol–water partition coefficient (Wildman–Crippen LogP) is 3.03. The molecule has 0 amide bonds. The van der Waals surface area contributed by atoms with Crippen LogP contribution in [0.4, 0.5) is 0 Å². The van der Waals surface area contributed by atoms with Gasteiger partial charge in [-0.05, 0) is 70.0 Å². The van der Waals surface area contributed by atoms with E-state index in [-0.39, 0.29) is 16.3 Å². The number of hydrogen-bond acceptors (Lipinski definition) is 5. The zero-order chi connectivity index (χ0) is 23.7. The van der Waals surface area contributed by atoms with Crippen LogP contribution < -0.4 is 5.73 Å². The number of imidazole rings is 1. The Hall–Kier alpha value is -2.27. The number of aromatic nitrogens is 2. The molecule has 1 heterocycles. The van der Waals surface area contributed by atoms with Crippen molar-refractivity contribution in [2.75, 3.05) is 6.54 Å². The summed E-state index contributed by atoms with van der Waals surface area (Å²) >= 11 is 0. The monoisotopic (exact) mass is 483 g/mol. The number of nitrogens with zero attached hydrogens (tertiary/aromatic N) is 2. The molecule has 0 radical (unpaired) electrons. The molecule has 1 saturated carbocycles. The molecule has 10 heteroatoms. The Morgan fingerprint density at radius 1 is 1.21 bits per heavy atom. The number of benzene rings is 1. The number of hydrogen-bond donors (Lipinski definition) is 3. The summed E-state index contributed by atoms with van der Waals surface area (Å²) in [5.74, 6) is -0.287. The number of carbonyl (C=O) groups is 1. The predicted molar refractivity (Wildman–Crippen MR) is 127 cm³/mol. The van der Waals surface area contributed by atoms with Crippen molar-refractivity contribution >= 4 is 16.1 Å². The first-order chi connectivity index (χ1) is 15.1. The minimum absolute atomic E-state index is 0. The summed E-state index contributed by atoms with van der Waals surface area (Å²) in [6, 6.07) is 6.52. The maximum absolute atomic E-state index is 11.3. The Kier molecular flexibility index (Phi) is 11.7. The Bertz CT molecular complexity index is 951. The van der Waals surface area contributed by atoms with Crippen molar-refractivity contribution in [1.29, 1.82) is 0 Å².